The van der Waals surface area contributed by atoms with Crippen molar-refractivity contribution in [3.8, 4) is 0 Å². The predicted octanol–water partition coefficient (Wildman–Crippen LogP) is 2.47. The second-order valence-electron chi connectivity index (χ2n) is 4.42. The number of halogens is 1. The molecule has 1 aliphatic heterocycles. The van der Waals surface area contributed by atoms with Crippen LogP contribution in [0.25, 0.3) is 0 Å². The highest BCUT2D eigenvalue weighted by atomic mass is 79.9. The molecule has 1 atom stereocenters. The second kappa shape index (κ2) is 2.72. The number of hydrogen-bond donors (Lipinski definition) is 0. The van der Waals surface area contributed by atoms with E-state index in [2.05, 4.69) is 22.0 Å². The van der Waals surface area contributed by atoms with Crippen LogP contribution in [0.4, 0.5) is 0 Å². The summed E-state index contributed by atoms with van der Waals surface area (Å²) in [6.45, 7) is 0.900. The van der Waals surface area contributed by atoms with E-state index in [0.717, 1.165) is 13.0 Å². The Balaban J connectivity index is 2.16. The number of fused-ring (bicyclic) bond motifs is 1. The summed E-state index contributed by atoms with van der Waals surface area (Å²) in [5.74, 6) is 0. The summed E-state index contributed by atoms with van der Waals surface area (Å²) < 4.78 is 1.91. The van der Waals surface area contributed by atoms with Crippen LogP contribution in [0.15, 0.2) is 23.0 Å². The van der Waals surface area contributed by atoms with Crippen LogP contribution in [0.5, 0.6) is 0 Å². The SMILES string of the molecule is O=c1cccc2n1CCC1(CC1)C2Br. The maximum absolute atomic E-state index is 11.6. The molecule has 0 N–H and O–H groups in total. The summed E-state index contributed by atoms with van der Waals surface area (Å²) in [6, 6.07) is 5.58. The lowest BCUT2D eigenvalue weighted by Crippen LogP contribution is -2.31. The fourth-order valence-corrected chi connectivity index (χ4v) is 3.52. The summed E-state index contributed by atoms with van der Waals surface area (Å²) in [6.07, 6.45) is 3.78. The van der Waals surface area contributed by atoms with Crippen LogP contribution in [0, 0.1) is 5.41 Å². The Morgan fingerprint density at radius 2 is 2.14 bits per heavy atom. The Kier molecular flexibility index (Phi) is 1.69. The third-order valence-electron chi connectivity index (χ3n) is 3.61. The first-order valence-corrected chi connectivity index (χ1v) is 5.98. The van der Waals surface area contributed by atoms with E-state index < -0.39 is 0 Å². The normalized spacial score (nSPS) is 27.4. The van der Waals surface area contributed by atoms with Crippen molar-refractivity contribution in [3.63, 3.8) is 0 Å². The first kappa shape index (κ1) is 8.72. The molecule has 2 heterocycles. The van der Waals surface area contributed by atoms with E-state index in [4.69, 9.17) is 0 Å². The van der Waals surface area contributed by atoms with Gasteiger partial charge in [0.2, 0.25) is 0 Å². The van der Waals surface area contributed by atoms with Crippen molar-refractivity contribution in [1.29, 1.82) is 0 Å². The van der Waals surface area contributed by atoms with Crippen molar-refractivity contribution in [2.45, 2.75) is 30.6 Å². The molecule has 3 rings (SSSR count). The van der Waals surface area contributed by atoms with Crippen LogP contribution in [0.1, 0.15) is 29.8 Å². The molecule has 0 saturated heterocycles. The summed E-state index contributed by atoms with van der Waals surface area (Å²) in [7, 11) is 0. The molecule has 0 amide bonds. The van der Waals surface area contributed by atoms with Gasteiger partial charge in [-0.2, -0.15) is 0 Å². The smallest absolute Gasteiger partial charge is 0.250 e. The average molecular weight is 254 g/mol. The van der Waals surface area contributed by atoms with Crippen molar-refractivity contribution in [2.24, 2.45) is 5.41 Å². The lowest BCUT2D eigenvalue weighted by atomic mass is 9.92. The quantitative estimate of drug-likeness (QED) is 0.652. The van der Waals surface area contributed by atoms with Gasteiger partial charge in [0.15, 0.2) is 0 Å². The van der Waals surface area contributed by atoms with Gasteiger partial charge in [-0.15, -0.1) is 0 Å². The molecular formula is C11H12BrNO. The first-order chi connectivity index (χ1) is 6.73. The van der Waals surface area contributed by atoms with E-state index in [0.29, 0.717) is 10.2 Å². The molecule has 74 valence electrons. The number of rotatable bonds is 0. The molecule has 14 heavy (non-hydrogen) atoms. The molecule has 0 radical (unpaired) electrons. The minimum Gasteiger partial charge on any atom is -0.311 e. The van der Waals surface area contributed by atoms with Gasteiger partial charge < -0.3 is 4.57 Å². The molecule has 1 fully saturated rings. The van der Waals surface area contributed by atoms with Crippen LogP contribution in [-0.2, 0) is 6.54 Å². The molecule has 1 unspecified atom stereocenters. The van der Waals surface area contributed by atoms with Crippen LogP contribution >= 0.6 is 15.9 Å². The van der Waals surface area contributed by atoms with Gasteiger partial charge in [-0.05, 0) is 30.7 Å². The van der Waals surface area contributed by atoms with Crippen molar-refractivity contribution in [3.05, 3.63) is 34.2 Å². The van der Waals surface area contributed by atoms with Crippen molar-refractivity contribution < 1.29 is 0 Å². The monoisotopic (exact) mass is 253 g/mol. The molecular weight excluding hydrogens is 242 g/mol. The highest BCUT2D eigenvalue weighted by Crippen LogP contribution is 2.62. The van der Waals surface area contributed by atoms with Gasteiger partial charge >= 0.3 is 0 Å². The van der Waals surface area contributed by atoms with E-state index in [1.165, 1.54) is 18.5 Å². The van der Waals surface area contributed by atoms with Gasteiger partial charge in [0.25, 0.3) is 5.56 Å². The van der Waals surface area contributed by atoms with E-state index in [-0.39, 0.29) is 5.56 Å². The Morgan fingerprint density at radius 3 is 2.86 bits per heavy atom. The number of hydrogen-bond acceptors (Lipinski definition) is 1. The first-order valence-electron chi connectivity index (χ1n) is 5.07. The third-order valence-corrected chi connectivity index (χ3v) is 5.05. The average Bonchev–Trinajstić information content (AvgIpc) is 2.94. The summed E-state index contributed by atoms with van der Waals surface area (Å²) in [4.78, 5) is 12.0. The zero-order valence-corrected chi connectivity index (χ0v) is 9.46. The fraction of sp³-hybridized carbons (Fsp3) is 0.545. The third kappa shape index (κ3) is 1.05. The summed E-state index contributed by atoms with van der Waals surface area (Å²) in [5.41, 5.74) is 1.79. The topological polar surface area (TPSA) is 22.0 Å². The lowest BCUT2D eigenvalue weighted by molar-refractivity contribution is 0.356. The second-order valence-corrected chi connectivity index (χ2v) is 5.33. The lowest BCUT2D eigenvalue weighted by Gasteiger charge is -2.30. The minimum atomic E-state index is 0.141. The van der Waals surface area contributed by atoms with Crippen molar-refractivity contribution >= 4 is 15.9 Å². The highest BCUT2D eigenvalue weighted by Gasteiger charge is 2.51. The van der Waals surface area contributed by atoms with Crippen LogP contribution in [0.2, 0.25) is 0 Å². The van der Waals surface area contributed by atoms with E-state index in [9.17, 15) is 4.79 Å². The van der Waals surface area contributed by atoms with E-state index >= 15 is 0 Å². The Bertz CT molecular complexity index is 433. The molecule has 3 heteroatoms. The Labute approximate surface area is 91.1 Å². The van der Waals surface area contributed by atoms with Gasteiger partial charge in [-0.3, -0.25) is 4.79 Å². The molecule has 1 saturated carbocycles. The molecule has 2 nitrogen and oxygen atoms in total. The van der Waals surface area contributed by atoms with Gasteiger partial charge in [0, 0.05) is 18.3 Å². The molecule has 1 aliphatic carbocycles. The van der Waals surface area contributed by atoms with Gasteiger partial charge in [0.05, 0.1) is 4.83 Å². The highest BCUT2D eigenvalue weighted by molar-refractivity contribution is 9.09. The number of pyridine rings is 1. The number of nitrogens with zero attached hydrogens (tertiary/aromatic N) is 1. The molecule has 1 aromatic heterocycles. The van der Waals surface area contributed by atoms with Crippen LogP contribution in [-0.4, -0.2) is 4.57 Å². The number of alkyl halides is 1. The van der Waals surface area contributed by atoms with E-state index in [1.807, 2.05) is 10.6 Å². The standard InChI is InChI=1S/C11H12BrNO/c12-10-8-2-1-3-9(14)13(8)7-6-11(10)4-5-11/h1-3,10H,4-7H2. The molecule has 1 aromatic rings. The maximum Gasteiger partial charge on any atom is 0.250 e. The van der Waals surface area contributed by atoms with Crippen LogP contribution in [0.3, 0.4) is 0 Å². The van der Waals surface area contributed by atoms with Gasteiger partial charge in [0.1, 0.15) is 0 Å². The van der Waals surface area contributed by atoms with E-state index in [1.54, 1.807) is 6.07 Å². The number of aromatic nitrogens is 1. The zero-order chi connectivity index (χ0) is 9.76. The molecule has 0 bridgehead atoms. The predicted molar refractivity (Wildman–Crippen MR) is 58.7 cm³/mol. The Morgan fingerprint density at radius 1 is 1.36 bits per heavy atom. The molecule has 0 aromatic carbocycles. The van der Waals surface area contributed by atoms with Gasteiger partial charge in [-0.25, -0.2) is 0 Å². The van der Waals surface area contributed by atoms with Crippen LogP contribution < -0.4 is 5.56 Å². The summed E-state index contributed by atoms with van der Waals surface area (Å²) >= 11 is 3.75. The van der Waals surface area contributed by atoms with Crippen molar-refractivity contribution in [1.82, 2.24) is 4.57 Å². The molecule has 2 aliphatic rings. The largest absolute Gasteiger partial charge is 0.311 e. The van der Waals surface area contributed by atoms with Gasteiger partial charge in [-0.1, -0.05) is 22.0 Å². The molecule has 1 spiro atoms. The maximum atomic E-state index is 11.6. The Hall–Kier alpha value is -0.570. The fourth-order valence-electron chi connectivity index (χ4n) is 2.44. The minimum absolute atomic E-state index is 0.141. The van der Waals surface area contributed by atoms with Crippen molar-refractivity contribution in [2.75, 3.05) is 0 Å². The zero-order valence-electron chi connectivity index (χ0n) is 7.87. The summed E-state index contributed by atoms with van der Waals surface area (Å²) in [5, 5.41) is 0.